The maximum atomic E-state index is 11.4. The van der Waals surface area contributed by atoms with Crippen molar-refractivity contribution < 1.29 is 9.53 Å². The molecule has 0 bridgehead atoms. The van der Waals surface area contributed by atoms with Gasteiger partial charge in [0.2, 0.25) is 0 Å². The summed E-state index contributed by atoms with van der Waals surface area (Å²) >= 11 is 1.31. The van der Waals surface area contributed by atoms with Crippen molar-refractivity contribution in [3.8, 4) is 5.75 Å². The fourth-order valence-electron chi connectivity index (χ4n) is 1.78. The molecule has 0 saturated carbocycles. The van der Waals surface area contributed by atoms with Crippen molar-refractivity contribution in [2.45, 2.75) is 17.8 Å². The van der Waals surface area contributed by atoms with Gasteiger partial charge in [-0.15, -0.1) is 0 Å². The SMILES string of the molecule is COc1ccc(C(C)=O)cc1CSc1nc(N)cc(=O)[nH]1. The first kappa shape index (κ1) is 15.1. The van der Waals surface area contributed by atoms with Crippen LogP contribution in [0.1, 0.15) is 22.8 Å². The number of rotatable bonds is 5. The first-order valence-corrected chi connectivity index (χ1v) is 7.15. The van der Waals surface area contributed by atoms with Crippen molar-refractivity contribution >= 4 is 23.4 Å². The number of methoxy groups -OCH3 is 1. The Morgan fingerprint density at radius 3 is 2.81 bits per heavy atom. The summed E-state index contributed by atoms with van der Waals surface area (Å²) in [5.41, 5.74) is 6.70. The number of ketones is 1. The summed E-state index contributed by atoms with van der Waals surface area (Å²) in [6.45, 7) is 1.51. The van der Waals surface area contributed by atoms with Crippen LogP contribution in [-0.4, -0.2) is 22.9 Å². The Morgan fingerprint density at radius 2 is 2.19 bits per heavy atom. The largest absolute Gasteiger partial charge is 0.496 e. The highest BCUT2D eigenvalue weighted by Crippen LogP contribution is 2.27. The molecule has 2 aromatic rings. The van der Waals surface area contributed by atoms with Crippen molar-refractivity contribution in [2.24, 2.45) is 0 Å². The number of aromatic nitrogens is 2. The van der Waals surface area contributed by atoms with Crippen LogP contribution in [0.5, 0.6) is 5.75 Å². The van der Waals surface area contributed by atoms with E-state index >= 15 is 0 Å². The number of carbonyl (C=O) groups excluding carboxylic acids is 1. The van der Waals surface area contributed by atoms with Crippen LogP contribution >= 0.6 is 11.8 Å². The number of anilines is 1. The van der Waals surface area contributed by atoms with Crippen molar-refractivity contribution in [1.82, 2.24) is 9.97 Å². The van der Waals surface area contributed by atoms with E-state index in [9.17, 15) is 9.59 Å². The molecule has 0 aliphatic rings. The number of hydrogen-bond acceptors (Lipinski definition) is 6. The molecule has 1 heterocycles. The van der Waals surface area contributed by atoms with Gasteiger partial charge in [0.15, 0.2) is 10.9 Å². The van der Waals surface area contributed by atoms with Crippen LogP contribution in [0, 0.1) is 0 Å². The highest BCUT2D eigenvalue weighted by atomic mass is 32.2. The fourth-order valence-corrected chi connectivity index (χ4v) is 2.64. The summed E-state index contributed by atoms with van der Waals surface area (Å²) < 4.78 is 5.27. The molecule has 110 valence electrons. The molecule has 7 heteroatoms. The second-order valence-electron chi connectivity index (χ2n) is 4.35. The smallest absolute Gasteiger partial charge is 0.253 e. The molecule has 0 unspecified atom stereocenters. The Hall–Kier alpha value is -2.28. The molecule has 0 atom stereocenters. The Bertz CT molecular complexity index is 728. The average molecular weight is 305 g/mol. The van der Waals surface area contributed by atoms with Gasteiger partial charge in [0.1, 0.15) is 11.6 Å². The van der Waals surface area contributed by atoms with Crippen molar-refractivity contribution in [2.75, 3.05) is 12.8 Å². The molecule has 0 aliphatic heterocycles. The molecule has 0 radical (unpaired) electrons. The fraction of sp³-hybridized carbons (Fsp3) is 0.214. The topological polar surface area (TPSA) is 98.1 Å². The number of nitrogen functional groups attached to an aromatic ring is 1. The minimum Gasteiger partial charge on any atom is -0.496 e. The number of carbonyl (C=O) groups is 1. The summed E-state index contributed by atoms with van der Waals surface area (Å²) in [5.74, 6) is 1.33. The van der Waals surface area contributed by atoms with E-state index in [4.69, 9.17) is 10.5 Å². The molecular weight excluding hydrogens is 290 g/mol. The monoisotopic (exact) mass is 305 g/mol. The molecule has 6 nitrogen and oxygen atoms in total. The van der Waals surface area contributed by atoms with Crippen molar-refractivity contribution in [3.05, 3.63) is 45.7 Å². The van der Waals surface area contributed by atoms with E-state index in [-0.39, 0.29) is 17.2 Å². The minimum absolute atomic E-state index is 0.0145. The van der Waals surface area contributed by atoms with E-state index < -0.39 is 0 Å². The number of nitrogens with one attached hydrogen (secondary N) is 1. The summed E-state index contributed by atoms with van der Waals surface area (Å²) in [7, 11) is 1.57. The number of nitrogens with two attached hydrogens (primary N) is 1. The second-order valence-corrected chi connectivity index (χ2v) is 5.31. The van der Waals surface area contributed by atoms with Crippen LogP contribution < -0.4 is 16.0 Å². The third-order valence-corrected chi connectivity index (χ3v) is 3.71. The lowest BCUT2D eigenvalue weighted by Gasteiger charge is -2.09. The third-order valence-electron chi connectivity index (χ3n) is 2.79. The number of hydrogen-bond donors (Lipinski definition) is 2. The Balaban J connectivity index is 2.23. The van der Waals surface area contributed by atoms with E-state index in [0.717, 1.165) is 5.56 Å². The molecule has 0 amide bonds. The van der Waals surface area contributed by atoms with E-state index in [2.05, 4.69) is 9.97 Å². The summed E-state index contributed by atoms with van der Waals surface area (Å²) in [6.07, 6.45) is 0. The predicted octanol–water partition coefficient (Wildman–Crippen LogP) is 1.86. The Morgan fingerprint density at radius 1 is 1.43 bits per heavy atom. The zero-order valence-electron chi connectivity index (χ0n) is 11.7. The molecule has 3 N–H and O–H groups in total. The van der Waals surface area contributed by atoms with Crippen molar-refractivity contribution in [1.29, 1.82) is 0 Å². The number of benzene rings is 1. The Labute approximate surface area is 125 Å². The summed E-state index contributed by atoms with van der Waals surface area (Å²) in [6, 6.07) is 6.47. The number of thioether (sulfide) groups is 1. The zero-order valence-corrected chi connectivity index (χ0v) is 12.5. The van der Waals surface area contributed by atoms with Gasteiger partial charge < -0.3 is 15.5 Å². The van der Waals surface area contributed by atoms with E-state index in [0.29, 0.717) is 22.2 Å². The van der Waals surface area contributed by atoms with Gasteiger partial charge in [-0.1, -0.05) is 11.8 Å². The van der Waals surface area contributed by atoms with Gasteiger partial charge in [0, 0.05) is 22.9 Å². The van der Waals surface area contributed by atoms with E-state index in [1.807, 2.05) is 0 Å². The average Bonchev–Trinajstić information content (AvgIpc) is 2.43. The second kappa shape index (κ2) is 6.45. The third kappa shape index (κ3) is 3.85. The van der Waals surface area contributed by atoms with Crippen LogP contribution in [0.3, 0.4) is 0 Å². The minimum atomic E-state index is -0.297. The number of Topliss-reactive ketones (excluding diaryl/α,β-unsaturated/α-hetero) is 1. The van der Waals surface area contributed by atoms with Crippen molar-refractivity contribution in [3.63, 3.8) is 0 Å². The van der Waals surface area contributed by atoms with Crippen LogP contribution in [0.2, 0.25) is 0 Å². The van der Waals surface area contributed by atoms with E-state index in [1.54, 1.807) is 25.3 Å². The molecule has 1 aromatic carbocycles. The van der Waals surface area contributed by atoms with Gasteiger partial charge in [-0.25, -0.2) is 4.98 Å². The molecule has 0 spiro atoms. The maximum Gasteiger partial charge on any atom is 0.253 e. The molecule has 0 saturated heterocycles. The number of aromatic amines is 1. The first-order chi connectivity index (χ1) is 9.99. The van der Waals surface area contributed by atoms with Gasteiger partial charge in [-0.3, -0.25) is 9.59 Å². The highest BCUT2D eigenvalue weighted by molar-refractivity contribution is 7.98. The van der Waals surface area contributed by atoms with Crippen LogP contribution in [0.15, 0.2) is 34.2 Å². The Kier molecular flexibility index (Phi) is 4.64. The lowest BCUT2D eigenvalue weighted by molar-refractivity contribution is 0.101. The molecule has 0 aliphatic carbocycles. The summed E-state index contributed by atoms with van der Waals surface area (Å²) in [5, 5.41) is 0.426. The quantitative estimate of drug-likeness (QED) is 0.497. The number of nitrogens with zero attached hydrogens (tertiary/aromatic N) is 1. The number of ether oxygens (including phenoxy) is 1. The normalized spacial score (nSPS) is 10.4. The lowest BCUT2D eigenvalue weighted by Crippen LogP contribution is -2.09. The van der Waals surface area contributed by atoms with E-state index in [1.165, 1.54) is 24.8 Å². The van der Waals surface area contributed by atoms with Gasteiger partial charge in [0.25, 0.3) is 5.56 Å². The standard InChI is InChI=1S/C14H15N3O3S/c1-8(18)9-3-4-11(20-2)10(5-9)7-21-14-16-12(15)6-13(19)17-14/h3-6H,7H2,1-2H3,(H3,15,16,17,19). The lowest BCUT2D eigenvalue weighted by atomic mass is 10.1. The number of H-pyrrole nitrogens is 1. The van der Waals surface area contributed by atoms with Crippen LogP contribution in [0.4, 0.5) is 5.82 Å². The molecule has 21 heavy (non-hydrogen) atoms. The van der Waals surface area contributed by atoms with Gasteiger partial charge in [0.05, 0.1) is 7.11 Å². The molecule has 2 rings (SSSR count). The van der Waals surface area contributed by atoms with Gasteiger partial charge in [-0.2, -0.15) is 0 Å². The molecular formula is C14H15N3O3S. The highest BCUT2D eigenvalue weighted by Gasteiger charge is 2.09. The molecule has 0 fully saturated rings. The molecule has 1 aromatic heterocycles. The summed E-state index contributed by atoms with van der Waals surface area (Å²) in [4.78, 5) is 29.4. The van der Waals surface area contributed by atoms with Crippen LogP contribution in [0.25, 0.3) is 0 Å². The van der Waals surface area contributed by atoms with Gasteiger partial charge in [-0.05, 0) is 25.1 Å². The first-order valence-electron chi connectivity index (χ1n) is 6.17. The zero-order chi connectivity index (χ0) is 15.4. The maximum absolute atomic E-state index is 11.4. The van der Waals surface area contributed by atoms with Crippen LogP contribution in [-0.2, 0) is 5.75 Å². The predicted molar refractivity (Wildman–Crippen MR) is 81.8 cm³/mol. The van der Waals surface area contributed by atoms with Gasteiger partial charge >= 0.3 is 0 Å².